The summed E-state index contributed by atoms with van der Waals surface area (Å²) in [5, 5.41) is 12.0. The van der Waals surface area contributed by atoms with E-state index in [9.17, 15) is 9.90 Å². The summed E-state index contributed by atoms with van der Waals surface area (Å²) in [6.45, 7) is 0.564. The Labute approximate surface area is 132 Å². The molecule has 0 bridgehead atoms. The first kappa shape index (κ1) is 15.3. The van der Waals surface area contributed by atoms with Crippen LogP contribution in [-0.4, -0.2) is 17.6 Å². The summed E-state index contributed by atoms with van der Waals surface area (Å²) in [5.74, 6) is 0.136. The van der Waals surface area contributed by atoms with Crippen molar-refractivity contribution in [2.75, 3.05) is 6.54 Å². The van der Waals surface area contributed by atoms with Gasteiger partial charge in [0.05, 0.1) is 0 Å². The highest BCUT2D eigenvalue weighted by molar-refractivity contribution is 9.10. The zero-order chi connectivity index (χ0) is 15.1. The number of phenols is 1. The number of hydrogen-bond donors (Lipinski definition) is 2. The van der Waals surface area contributed by atoms with Crippen LogP contribution in [0, 0.1) is 0 Å². The predicted molar refractivity (Wildman–Crippen MR) is 88.0 cm³/mol. The molecular weight excluding hydrogens is 330 g/mol. The molecule has 0 saturated carbocycles. The van der Waals surface area contributed by atoms with Crippen molar-refractivity contribution in [1.82, 2.24) is 5.32 Å². The highest BCUT2D eigenvalue weighted by atomic mass is 79.9. The van der Waals surface area contributed by atoms with Gasteiger partial charge in [0.25, 0.3) is 0 Å². The molecule has 108 valence electrons. The molecule has 0 aliphatic rings. The molecule has 21 heavy (non-hydrogen) atoms. The lowest BCUT2D eigenvalue weighted by Crippen LogP contribution is -2.23. The van der Waals surface area contributed by atoms with Gasteiger partial charge in [0.2, 0.25) is 5.91 Å². The van der Waals surface area contributed by atoms with E-state index in [1.807, 2.05) is 36.4 Å². The molecule has 0 spiro atoms. The molecule has 0 saturated heterocycles. The minimum atomic E-state index is -0.114. The number of carbonyl (C=O) groups excluding carboxylic acids is 1. The van der Waals surface area contributed by atoms with Crippen LogP contribution in [0.5, 0.6) is 5.75 Å². The Balaban J connectivity index is 1.77. The lowest BCUT2D eigenvalue weighted by Gasteiger charge is -2.03. The molecule has 1 amide bonds. The highest BCUT2D eigenvalue weighted by Gasteiger charge is 1.97. The molecule has 2 aromatic carbocycles. The number of phenolic OH excluding ortho intramolecular Hbond substituents is 1. The number of amides is 1. The summed E-state index contributed by atoms with van der Waals surface area (Å²) in [7, 11) is 0. The number of aromatic hydroxyl groups is 1. The van der Waals surface area contributed by atoms with Gasteiger partial charge in [-0.1, -0.05) is 40.2 Å². The van der Waals surface area contributed by atoms with Gasteiger partial charge in [-0.3, -0.25) is 4.79 Å². The topological polar surface area (TPSA) is 49.3 Å². The van der Waals surface area contributed by atoms with Gasteiger partial charge in [-0.25, -0.2) is 0 Å². The first-order chi connectivity index (χ1) is 10.1. The molecule has 0 radical (unpaired) electrons. The van der Waals surface area contributed by atoms with E-state index in [1.54, 1.807) is 18.2 Å². The second-order valence-electron chi connectivity index (χ2n) is 4.59. The average molecular weight is 346 g/mol. The number of nitrogens with one attached hydrogen (secondary N) is 1. The maximum Gasteiger partial charge on any atom is 0.244 e. The van der Waals surface area contributed by atoms with Crippen molar-refractivity contribution in [1.29, 1.82) is 0 Å². The lowest BCUT2D eigenvalue weighted by molar-refractivity contribution is -0.116. The van der Waals surface area contributed by atoms with Crippen LogP contribution in [-0.2, 0) is 11.2 Å². The fourth-order valence-electron chi connectivity index (χ4n) is 1.80. The van der Waals surface area contributed by atoms with Crippen molar-refractivity contribution in [3.05, 3.63) is 70.2 Å². The number of benzene rings is 2. The fourth-order valence-corrected chi connectivity index (χ4v) is 2.06. The molecule has 0 unspecified atom stereocenters. The first-order valence-electron chi connectivity index (χ1n) is 6.63. The van der Waals surface area contributed by atoms with Gasteiger partial charge in [-0.05, 0) is 47.9 Å². The predicted octanol–water partition coefficient (Wildman–Crippen LogP) is 3.53. The van der Waals surface area contributed by atoms with Gasteiger partial charge in [-0.15, -0.1) is 0 Å². The van der Waals surface area contributed by atoms with Gasteiger partial charge in [0.15, 0.2) is 0 Å². The summed E-state index contributed by atoms with van der Waals surface area (Å²) in [6, 6.07) is 14.7. The van der Waals surface area contributed by atoms with Crippen molar-refractivity contribution in [3.63, 3.8) is 0 Å². The number of halogens is 1. The Morgan fingerprint density at radius 1 is 1.10 bits per heavy atom. The molecule has 2 aromatic rings. The lowest BCUT2D eigenvalue weighted by atomic mass is 10.1. The smallest absolute Gasteiger partial charge is 0.244 e. The molecule has 2 N–H and O–H groups in total. The second-order valence-corrected chi connectivity index (χ2v) is 5.51. The summed E-state index contributed by atoms with van der Waals surface area (Å²) >= 11 is 3.37. The molecule has 0 fully saturated rings. The maximum atomic E-state index is 11.7. The number of carbonyl (C=O) groups is 1. The van der Waals surface area contributed by atoms with Crippen LogP contribution in [0.1, 0.15) is 11.1 Å². The number of rotatable bonds is 5. The third-order valence-corrected chi connectivity index (χ3v) is 3.48. The van der Waals surface area contributed by atoms with Crippen LogP contribution in [0.2, 0.25) is 0 Å². The van der Waals surface area contributed by atoms with Crippen LogP contribution >= 0.6 is 15.9 Å². The Hall–Kier alpha value is -2.07. The molecule has 0 atom stereocenters. The quantitative estimate of drug-likeness (QED) is 0.814. The minimum Gasteiger partial charge on any atom is -0.508 e. The Morgan fingerprint density at radius 2 is 1.76 bits per heavy atom. The van der Waals surface area contributed by atoms with E-state index in [0.717, 1.165) is 22.0 Å². The van der Waals surface area contributed by atoms with E-state index in [0.29, 0.717) is 6.54 Å². The van der Waals surface area contributed by atoms with E-state index in [4.69, 9.17) is 0 Å². The Morgan fingerprint density at radius 3 is 2.43 bits per heavy atom. The fraction of sp³-hybridized carbons (Fsp3) is 0.118. The Kier molecular flexibility index (Phi) is 5.58. The second kappa shape index (κ2) is 7.64. The van der Waals surface area contributed by atoms with Gasteiger partial charge in [0.1, 0.15) is 5.75 Å². The van der Waals surface area contributed by atoms with Crippen LogP contribution < -0.4 is 5.32 Å². The molecule has 0 aliphatic carbocycles. The first-order valence-corrected chi connectivity index (χ1v) is 7.42. The largest absolute Gasteiger partial charge is 0.508 e. The van der Waals surface area contributed by atoms with E-state index >= 15 is 0 Å². The highest BCUT2D eigenvalue weighted by Crippen LogP contribution is 2.11. The molecular formula is C17H16BrNO2. The van der Waals surface area contributed by atoms with E-state index in [1.165, 1.54) is 6.08 Å². The molecule has 0 heterocycles. The van der Waals surface area contributed by atoms with Crippen LogP contribution in [0.4, 0.5) is 0 Å². The molecule has 2 rings (SSSR count). The van der Waals surface area contributed by atoms with E-state index < -0.39 is 0 Å². The van der Waals surface area contributed by atoms with Gasteiger partial charge < -0.3 is 10.4 Å². The normalized spacial score (nSPS) is 10.7. The SMILES string of the molecule is O=C(C=Cc1ccc(Br)cc1)NCCc1ccc(O)cc1. The zero-order valence-corrected chi connectivity index (χ0v) is 13.0. The van der Waals surface area contributed by atoms with Crippen LogP contribution in [0.25, 0.3) is 6.08 Å². The Bertz CT molecular complexity index is 618. The van der Waals surface area contributed by atoms with Crippen LogP contribution in [0.3, 0.4) is 0 Å². The molecule has 3 nitrogen and oxygen atoms in total. The third-order valence-electron chi connectivity index (χ3n) is 2.95. The van der Waals surface area contributed by atoms with Crippen LogP contribution in [0.15, 0.2) is 59.1 Å². The van der Waals surface area contributed by atoms with Gasteiger partial charge >= 0.3 is 0 Å². The monoisotopic (exact) mass is 345 g/mol. The van der Waals surface area contributed by atoms with Crippen molar-refractivity contribution >= 4 is 27.9 Å². The van der Waals surface area contributed by atoms with E-state index in [-0.39, 0.29) is 11.7 Å². The summed E-state index contributed by atoms with van der Waals surface area (Å²) in [6.07, 6.45) is 4.04. The molecule has 0 aromatic heterocycles. The zero-order valence-electron chi connectivity index (χ0n) is 11.4. The summed E-state index contributed by atoms with van der Waals surface area (Å²) in [4.78, 5) is 11.7. The number of hydrogen-bond acceptors (Lipinski definition) is 2. The van der Waals surface area contributed by atoms with Gasteiger partial charge in [0, 0.05) is 17.1 Å². The maximum absolute atomic E-state index is 11.7. The van der Waals surface area contributed by atoms with Crippen molar-refractivity contribution in [2.24, 2.45) is 0 Å². The van der Waals surface area contributed by atoms with E-state index in [2.05, 4.69) is 21.2 Å². The van der Waals surface area contributed by atoms with Crippen molar-refractivity contribution in [2.45, 2.75) is 6.42 Å². The van der Waals surface area contributed by atoms with Crippen molar-refractivity contribution in [3.8, 4) is 5.75 Å². The van der Waals surface area contributed by atoms with Crippen molar-refractivity contribution < 1.29 is 9.90 Å². The summed E-state index contributed by atoms with van der Waals surface area (Å²) < 4.78 is 1.01. The van der Waals surface area contributed by atoms with Gasteiger partial charge in [-0.2, -0.15) is 0 Å². The minimum absolute atomic E-state index is 0.114. The standard InChI is InChI=1S/C17H16BrNO2/c18-15-6-1-13(2-7-15)5-10-17(21)19-12-11-14-3-8-16(20)9-4-14/h1-10,20H,11-12H2,(H,19,21). The molecule has 4 heteroatoms. The summed E-state index contributed by atoms with van der Waals surface area (Å²) in [5.41, 5.74) is 2.05. The third kappa shape index (κ3) is 5.44. The molecule has 0 aliphatic heterocycles. The average Bonchev–Trinajstić information content (AvgIpc) is 2.49.